The fraction of sp³-hybridized carbons (Fsp3) is 0.846. The van der Waals surface area contributed by atoms with Crippen molar-refractivity contribution in [2.24, 2.45) is 0 Å². The molecule has 0 radical (unpaired) electrons. The average molecular weight is 286 g/mol. The molecule has 0 unspecified atom stereocenters. The molecule has 0 aromatic rings. The summed E-state index contributed by atoms with van der Waals surface area (Å²) in [5, 5.41) is 10.7. The van der Waals surface area contributed by atoms with Gasteiger partial charge in [0.15, 0.2) is 0 Å². The van der Waals surface area contributed by atoms with E-state index in [0.717, 1.165) is 12.8 Å². The van der Waals surface area contributed by atoms with E-state index in [1.807, 2.05) is 0 Å². The molecule has 0 aliphatic carbocycles. The summed E-state index contributed by atoms with van der Waals surface area (Å²) in [7, 11) is 0. The Bertz CT molecular complexity index is 246. The van der Waals surface area contributed by atoms with Crippen molar-refractivity contribution in [1.82, 2.24) is 5.32 Å². The number of hydrogen-bond acceptors (Lipinski definition) is 4. The molecule has 2 N–H and O–H groups in total. The van der Waals surface area contributed by atoms with Crippen LogP contribution in [0.2, 0.25) is 0 Å². The van der Waals surface area contributed by atoms with Crippen molar-refractivity contribution in [3.8, 4) is 0 Å². The van der Waals surface area contributed by atoms with Crippen molar-refractivity contribution in [3.63, 3.8) is 0 Å². The minimum Gasteiger partial charge on any atom is -1.00 e. The van der Waals surface area contributed by atoms with E-state index in [0.29, 0.717) is 6.54 Å². The topological polar surface area (TPSA) is 75.6 Å². The Morgan fingerprint density at radius 1 is 1.05 bits per heavy atom. The zero-order valence-corrected chi connectivity index (χ0v) is 13.4. The predicted octanol–water partition coefficient (Wildman–Crippen LogP) is 2.49. The fourth-order valence-electron chi connectivity index (χ4n) is 1.66. The number of amides is 1. The Balaban J connectivity index is -0.000000482. The number of carbonyl (C=O) groups is 2. The van der Waals surface area contributed by atoms with Gasteiger partial charge >= 0.3 is 29.0 Å². The molecule has 19 heavy (non-hydrogen) atoms. The summed E-state index contributed by atoms with van der Waals surface area (Å²) in [4.78, 5) is 25.3. The normalized spacial score (nSPS) is 9.58. The van der Waals surface area contributed by atoms with Gasteiger partial charge in [-0.2, -0.15) is 5.26 Å². The summed E-state index contributed by atoms with van der Waals surface area (Å²) in [6.07, 6.45) is 8.42. The minimum absolute atomic E-state index is 0. The maximum absolute atomic E-state index is 11.2. The predicted molar refractivity (Wildman–Crippen MR) is 76.9 cm³/mol. The summed E-state index contributed by atoms with van der Waals surface area (Å²) in [5.41, 5.74) is 0. The van der Waals surface area contributed by atoms with E-state index in [1.54, 1.807) is 0 Å². The van der Waals surface area contributed by atoms with Crippen LogP contribution in [-0.4, -0.2) is 46.7 Å². The van der Waals surface area contributed by atoms with Gasteiger partial charge in [0, 0.05) is 13.0 Å². The standard InChI is InChI=1S/C13H25NO4.Mg.2H/c1-2-3-4-5-6-7-8-11-14-12(15)9-10-13(16)18-17;;;/h17H,2-11H2,1H3,(H,14,15);;;/q;+2;2*-1. The van der Waals surface area contributed by atoms with Crippen LogP contribution in [0, 0.1) is 0 Å². The molecule has 110 valence electrons. The summed E-state index contributed by atoms with van der Waals surface area (Å²) < 4.78 is 0. The second-order valence-corrected chi connectivity index (χ2v) is 4.43. The average Bonchev–Trinajstić information content (AvgIpc) is 2.39. The third-order valence-electron chi connectivity index (χ3n) is 2.76. The van der Waals surface area contributed by atoms with Gasteiger partial charge in [0.05, 0.1) is 6.42 Å². The Morgan fingerprint density at radius 3 is 2.21 bits per heavy atom. The van der Waals surface area contributed by atoms with Crippen LogP contribution in [0.15, 0.2) is 0 Å². The molecule has 0 bridgehead atoms. The van der Waals surface area contributed by atoms with Crippen LogP contribution in [0.4, 0.5) is 0 Å². The van der Waals surface area contributed by atoms with Gasteiger partial charge in [-0.05, 0) is 6.42 Å². The van der Waals surface area contributed by atoms with Crippen molar-refractivity contribution >= 4 is 34.9 Å². The molecule has 0 fully saturated rings. The van der Waals surface area contributed by atoms with Gasteiger partial charge in [-0.25, -0.2) is 4.79 Å². The maximum atomic E-state index is 11.2. The second kappa shape index (κ2) is 15.7. The molecule has 0 aliphatic rings. The van der Waals surface area contributed by atoms with Gasteiger partial charge in [-0.15, -0.1) is 0 Å². The van der Waals surface area contributed by atoms with E-state index in [1.165, 1.54) is 32.1 Å². The largest absolute Gasteiger partial charge is 2.00 e. The van der Waals surface area contributed by atoms with E-state index in [-0.39, 0.29) is 44.7 Å². The van der Waals surface area contributed by atoms with Crippen molar-refractivity contribution in [2.45, 2.75) is 64.7 Å². The van der Waals surface area contributed by atoms with Crippen LogP contribution in [0.25, 0.3) is 0 Å². The van der Waals surface area contributed by atoms with Crippen LogP contribution in [0.3, 0.4) is 0 Å². The zero-order valence-electron chi connectivity index (χ0n) is 14.0. The van der Waals surface area contributed by atoms with Crippen LogP contribution >= 0.6 is 0 Å². The van der Waals surface area contributed by atoms with Crippen LogP contribution in [-0.2, 0) is 14.5 Å². The molecule has 0 aromatic heterocycles. The van der Waals surface area contributed by atoms with Crippen LogP contribution in [0.1, 0.15) is 67.6 Å². The van der Waals surface area contributed by atoms with Crippen molar-refractivity contribution in [3.05, 3.63) is 0 Å². The summed E-state index contributed by atoms with van der Waals surface area (Å²) >= 11 is 0. The molecule has 0 spiro atoms. The van der Waals surface area contributed by atoms with Gasteiger partial charge in [-0.1, -0.05) is 45.4 Å². The maximum Gasteiger partial charge on any atom is 2.00 e. The minimum atomic E-state index is -0.777. The first-order valence-corrected chi connectivity index (χ1v) is 6.81. The van der Waals surface area contributed by atoms with E-state index in [9.17, 15) is 9.59 Å². The van der Waals surface area contributed by atoms with Crippen molar-refractivity contribution in [1.29, 1.82) is 0 Å². The second-order valence-electron chi connectivity index (χ2n) is 4.43. The van der Waals surface area contributed by atoms with Gasteiger partial charge in [-0.3, -0.25) is 4.79 Å². The van der Waals surface area contributed by atoms with Gasteiger partial charge < -0.3 is 13.1 Å². The first-order chi connectivity index (χ1) is 8.70. The molecule has 0 saturated heterocycles. The van der Waals surface area contributed by atoms with Gasteiger partial charge in [0.1, 0.15) is 0 Å². The van der Waals surface area contributed by atoms with Gasteiger partial charge in [0.2, 0.25) is 5.91 Å². The third kappa shape index (κ3) is 15.6. The van der Waals surface area contributed by atoms with E-state index in [4.69, 9.17) is 5.26 Å². The first kappa shape index (κ1) is 21.0. The molecule has 0 rings (SSSR count). The zero-order chi connectivity index (χ0) is 13.6. The quantitative estimate of drug-likeness (QED) is 0.265. The van der Waals surface area contributed by atoms with Crippen molar-refractivity contribution < 1.29 is 22.6 Å². The molecule has 0 saturated carbocycles. The molecular formula is C13H27MgNO4. The number of carbonyl (C=O) groups excluding carboxylic acids is 2. The van der Waals surface area contributed by atoms with Crippen LogP contribution < -0.4 is 5.32 Å². The van der Waals surface area contributed by atoms with Gasteiger partial charge in [0.25, 0.3) is 0 Å². The molecule has 0 aromatic carbocycles. The third-order valence-corrected chi connectivity index (χ3v) is 2.76. The molecule has 1 amide bonds. The number of rotatable bonds is 11. The smallest absolute Gasteiger partial charge is 1.00 e. The Morgan fingerprint density at radius 2 is 1.63 bits per heavy atom. The molecule has 0 heterocycles. The number of unbranched alkanes of at least 4 members (excludes halogenated alkanes) is 6. The molecule has 5 nitrogen and oxygen atoms in total. The number of hydrogen-bond donors (Lipinski definition) is 2. The monoisotopic (exact) mass is 285 g/mol. The molecule has 0 atom stereocenters. The Kier molecular flexibility index (Phi) is 17.4. The Labute approximate surface area is 134 Å². The Hall–Kier alpha value is -0.334. The molecular weight excluding hydrogens is 258 g/mol. The summed E-state index contributed by atoms with van der Waals surface area (Å²) in [5.74, 6) is -0.951. The summed E-state index contributed by atoms with van der Waals surface area (Å²) in [6, 6.07) is 0. The van der Waals surface area contributed by atoms with Crippen LogP contribution in [0.5, 0.6) is 0 Å². The van der Waals surface area contributed by atoms with E-state index >= 15 is 0 Å². The molecule has 0 aliphatic heterocycles. The van der Waals surface area contributed by atoms with Crippen molar-refractivity contribution in [2.75, 3.05) is 6.54 Å². The fourth-order valence-corrected chi connectivity index (χ4v) is 1.66. The van der Waals surface area contributed by atoms with E-state index in [2.05, 4.69) is 17.1 Å². The summed E-state index contributed by atoms with van der Waals surface area (Å²) in [6.45, 7) is 2.85. The number of nitrogens with one attached hydrogen (secondary N) is 1. The SMILES string of the molecule is CCCCCCCCCNC(=O)CCC(=O)OO.[H-].[H-].[Mg+2]. The first-order valence-electron chi connectivity index (χ1n) is 6.81. The molecule has 6 heteroatoms. The van der Waals surface area contributed by atoms with E-state index < -0.39 is 5.97 Å².